The highest BCUT2D eigenvalue weighted by Crippen LogP contribution is 2.39. The molecule has 0 spiro atoms. The molecule has 2 aliphatic rings. The molecule has 1 saturated carbocycles. The molecule has 182 valence electrons. The van der Waals surface area contributed by atoms with E-state index in [-0.39, 0.29) is 22.9 Å². The van der Waals surface area contributed by atoms with Crippen LogP contribution in [-0.4, -0.2) is 40.8 Å². The highest BCUT2D eigenvalue weighted by atomic mass is 32.2. The Kier molecular flexibility index (Phi) is 5.69. The summed E-state index contributed by atoms with van der Waals surface area (Å²) in [7, 11) is -3.62. The van der Waals surface area contributed by atoms with Gasteiger partial charge in [0.25, 0.3) is 5.91 Å². The number of hydrogen-bond donors (Lipinski definition) is 2. The normalized spacial score (nSPS) is 16.8. The van der Waals surface area contributed by atoms with E-state index in [2.05, 4.69) is 20.0 Å². The van der Waals surface area contributed by atoms with Crippen molar-refractivity contribution in [3.8, 4) is 11.4 Å². The Morgan fingerprint density at radius 3 is 2.78 bits per heavy atom. The zero-order chi connectivity index (χ0) is 24.7. The summed E-state index contributed by atoms with van der Waals surface area (Å²) in [6.07, 6.45) is 8.95. The SMILES string of the molecule is O=C(NCc1cc2nc(-c3cncc(C4CC4)n3)ccc2cn1)c1ccc2c(c1)S(=O)(=O)NCCC2. The predicted molar refractivity (Wildman–Crippen MR) is 134 cm³/mol. The Morgan fingerprint density at radius 1 is 1.03 bits per heavy atom. The molecule has 0 unspecified atom stereocenters. The Hall–Kier alpha value is -3.76. The lowest BCUT2D eigenvalue weighted by molar-refractivity contribution is 0.0950. The van der Waals surface area contributed by atoms with Crippen LogP contribution in [0.2, 0.25) is 0 Å². The monoisotopic (exact) mass is 500 g/mol. The molecule has 10 heteroatoms. The quantitative estimate of drug-likeness (QED) is 0.431. The minimum Gasteiger partial charge on any atom is -0.346 e. The highest BCUT2D eigenvalue weighted by Gasteiger charge is 2.26. The number of rotatable bonds is 5. The fraction of sp³-hybridized carbons (Fsp3) is 0.269. The Labute approximate surface area is 208 Å². The first-order chi connectivity index (χ1) is 17.5. The molecule has 1 aliphatic heterocycles. The van der Waals surface area contributed by atoms with E-state index in [9.17, 15) is 13.2 Å². The summed E-state index contributed by atoms with van der Waals surface area (Å²) >= 11 is 0. The molecule has 0 atom stereocenters. The van der Waals surface area contributed by atoms with Gasteiger partial charge in [-0.1, -0.05) is 6.07 Å². The number of amides is 1. The van der Waals surface area contributed by atoms with Gasteiger partial charge in [0, 0.05) is 35.8 Å². The molecule has 2 N–H and O–H groups in total. The zero-order valence-corrected chi connectivity index (χ0v) is 20.3. The van der Waals surface area contributed by atoms with Crippen LogP contribution in [0, 0.1) is 0 Å². The summed E-state index contributed by atoms with van der Waals surface area (Å²) in [6.45, 7) is 0.570. The molecule has 3 aromatic heterocycles. The lowest BCUT2D eigenvalue weighted by Gasteiger charge is -2.10. The molecule has 1 aliphatic carbocycles. The summed E-state index contributed by atoms with van der Waals surface area (Å²) in [5, 5.41) is 3.71. The number of nitrogens with zero attached hydrogens (tertiary/aromatic N) is 4. The third-order valence-electron chi connectivity index (χ3n) is 6.51. The Balaban J connectivity index is 1.21. The van der Waals surface area contributed by atoms with E-state index in [0.717, 1.165) is 52.8 Å². The largest absolute Gasteiger partial charge is 0.346 e. The maximum atomic E-state index is 12.8. The van der Waals surface area contributed by atoms with Gasteiger partial charge in [-0.3, -0.25) is 14.8 Å². The van der Waals surface area contributed by atoms with Gasteiger partial charge < -0.3 is 5.32 Å². The maximum absolute atomic E-state index is 12.8. The second kappa shape index (κ2) is 9.03. The molecule has 4 heterocycles. The van der Waals surface area contributed by atoms with E-state index >= 15 is 0 Å². The molecule has 0 saturated heterocycles. The van der Waals surface area contributed by atoms with Crippen molar-refractivity contribution >= 4 is 26.8 Å². The van der Waals surface area contributed by atoms with Gasteiger partial charge in [-0.25, -0.2) is 23.1 Å². The first-order valence-electron chi connectivity index (χ1n) is 11.9. The molecular weight excluding hydrogens is 476 g/mol. The van der Waals surface area contributed by atoms with Gasteiger partial charge in [-0.05, 0) is 61.6 Å². The number of aromatic nitrogens is 4. The van der Waals surface area contributed by atoms with Crippen molar-refractivity contribution in [2.45, 2.75) is 43.0 Å². The average molecular weight is 501 g/mol. The van der Waals surface area contributed by atoms with Gasteiger partial charge in [-0.2, -0.15) is 0 Å². The van der Waals surface area contributed by atoms with Crippen molar-refractivity contribution in [2.24, 2.45) is 0 Å². The van der Waals surface area contributed by atoms with Crippen LogP contribution in [0.1, 0.15) is 52.5 Å². The van der Waals surface area contributed by atoms with Gasteiger partial charge in [0.05, 0.1) is 40.2 Å². The number of fused-ring (bicyclic) bond motifs is 2. The molecule has 1 amide bonds. The molecule has 0 radical (unpaired) electrons. The van der Waals surface area contributed by atoms with E-state index in [0.29, 0.717) is 24.6 Å². The van der Waals surface area contributed by atoms with Crippen molar-refractivity contribution in [2.75, 3.05) is 6.54 Å². The second-order valence-corrected chi connectivity index (χ2v) is 10.9. The molecule has 1 fully saturated rings. The van der Waals surface area contributed by atoms with Crippen LogP contribution in [0.3, 0.4) is 0 Å². The number of aryl methyl sites for hydroxylation is 1. The molecule has 9 nitrogen and oxygen atoms in total. The smallest absolute Gasteiger partial charge is 0.251 e. The maximum Gasteiger partial charge on any atom is 0.251 e. The number of carbonyl (C=O) groups is 1. The van der Waals surface area contributed by atoms with Crippen molar-refractivity contribution < 1.29 is 13.2 Å². The van der Waals surface area contributed by atoms with Crippen LogP contribution in [0.25, 0.3) is 22.3 Å². The van der Waals surface area contributed by atoms with Crippen LogP contribution < -0.4 is 10.0 Å². The zero-order valence-electron chi connectivity index (χ0n) is 19.4. The van der Waals surface area contributed by atoms with Gasteiger partial charge in [-0.15, -0.1) is 0 Å². The van der Waals surface area contributed by atoms with E-state index in [1.54, 1.807) is 24.5 Å². The van der Waals surface area contributed by atoms with E-state index in [1.165, 1.54) is 6.07 Å². The summed E-state index contributed by atoms with van der Waals surface area (Å²) in [4.78, 5) is 31.2. The van der Waals surface area contributed by atoms with E-state index < -0.39 is 10.0 Å². The summed E-state index contributed by atoms with van der Waals surface area (Å²) in [6, 6.07) is 10.5. The van der Waals surface area contributed by atoms with Crippen LogP contribution in [0.4, 0.5) is 0 Å². The van der Waals surface area contributed by atoms with Gasteiger partial charge in [0.2, 0.25) is 10.0 Å². The summed E-state index contributed by atoms with van der Waals surface area (Å²) in [5.74, 6) is 0.140. The minimum absolute atomic E-state index is 0.169. The van der Waals surface area contributed by atoms with Gasteiger partial charge >= 0.3 is 0 Å². The Bertz CT molecular complexity index is 1600. The second-order valence-electron chi connectivity index (χ2n) is 9.17. The van der Waals surface area contributed by atoms with Crippen LogP contribution >= 0.6 is 0 Å². The number of pyridine rings is 2. The third-order valence-corrected chi connectivity index (χ3v) is 8.05. The Morgan fingerprint density at radius 2 is 1.92 bits per heavy atom. The lowest BCUT2D eigenvalue weighted by atomic mass is 10.1. The first kappa shape index (κ1) is 22.7. The van der Waals surface area contributed by atoms with Crippen molar-refractivity contribution in [3.05, 3.63) is 77.5 Å². The first-order valence-corrected chi connectivity index (χ1v) is 13.4. The summed E-state index contributed by atoms with van der Waals surface area (Å²) < 4.78 is 27.5. The van der Waals surface area contributed by atoms with Crippen molar-refractivity contribution in [3.63, 3.8) is 0 Å². The predicted octanol–water partition coefficient (Wildman–Crippen LogP) is 3.12. The third kappa shape index (κ3) is 4.57. The minimum atomic E-state index is -3.62. The summed E-state index contributed by atoms with van der Waals surface area (Å²) in [5.41, 5.74) is 4.88. The van der Waals surface area contributed by atoms with Crippen LogP contribution in [0.5, 0.6) is 0 Å². The topological polar surface area (TPSA) is 127 Å². The highest BCUT2D eigenvalue weighted by molar-refractivity contribution is 7.89. The van der Waals surface area contributed by atoms with Crippen LogP contribution in [-0.2, 0) is 23.0 Å². The molecular formula is C26H24N6O3S. The number of hydrogen-bond acceptors (Lipinski definition) is 7. The molecule has 36 heavy (non-hydrogen) atoms. The number of benzene rings is 1. The van der Waals surface area contributed by atoms with Crippen molar-refractivity contribution in [1.29, 1.82) is 0 Å². The fourth-order valence-electron chi connectivity index (χ4n) is 4.37. The van der Waals surface area contributed by atoms with E-state index in [1.807, 2.05) is 24.4 Å². The van der Waals surface area contributed by atoms with Crippen LogP contribution in [0.15, 0.2) is 59.9 Å². The molecule has 6 rings (SSSR count). The van der Waals surface area contributed by atoms with Gasteiger partial charge in [0.15, 0.2) is 0 Å². The lowest BCUT2D eigenvalue weighted by Crippen LogP contribution is -2.25. The molecule has 4 aromatic rings. The number of sulfonamides is 1. The fourth-order valence-corrected chi connectivity index (χ4v) is 5.73. The van der Waals surface area contributed by atoms with Crippen molar-refractivity contribution in [1.82, 2.24) is 30.0 Å². The molecule has 0 bridgehead atoms. The number of nitrogens with one attached hydrogen (secondary N) is 2. The molecule has 1 aromatic carbocycles. The average Bonchev–Trinajstić information content (AvgIpc) is 3.76. The van der Waals surface area contributed by atoms with E-state index in [4.69, 9.17) is 9.97 Å². The van der Waals surface area contributed by atoms with Gasteiger partial charge in [0.1, 0.15) is 5.69 Å². The standard InChI is InChI=1S/C26H24N6O3S/c33-26(18-6-5-17-2-1-9-30-36(34,35)25(17)10-18)29-13-20-11-22-19(12-28-20)7-8-21(31-22)24-15-27-14-23(32-24)16-3-4-16/h5-8,10-12,14-16,30H,1-4,9,13H2,(H,29,33). The number of carbonyl (C=O) groups excluding carboxylic acids is 1.